The van der Waals surface area contributed by atoms with Crippen LogP contribution in [-0.2, 0) is 4.79 Å². The van der Waals surface area contributed by atoms with Crippen LogP contribution in [-0.4, -0.2) is 41.5 Å². The van der Waals surface area contributed by atoms with E-state index < -0.39 is 0 Å². The summed E-state index contributed by atoms with van der Waals surface area (Å²) in [5, 5.41) is 7.28. The minimum absolute atomic E-state index is 0.00126. The third-order valence-electron chi connectivity index (χ3n) is 6.07. The van der Waals surface area contributed by atoms with Crippen LogP contribution in [0.5, 0.6) is 0 Å². The smallest absolute Gasteiger partial charge is 0.317 e. The van der Waals surface area contributed by atoms with Crippen molar-refractivity contribution >= 4 is 22.8 Å². The molecule has 1 aromatic carbocycles. The summed E-state index contributed by atoms with van der Waals surface area (Å²) >= 11 is 0. The van der Waals surface area contributed by atoms with Crippen LogP contribution < -0.4 is 10.6 Å². The molecule has 2 aromatic rings. The number of amides is 3. The lowest BCUT2D eigenvalue weighted by molar-refractivity contribution is -0.125. The molecular weight excluding hydrogens is 328 g/mol. The molecule has 0 aliphatic carbocycles. The molecule has 2 aliphatic heterocycles. The fraction of sp³-hybridized carbons (Fsp3) is 0.500. The second-order valence-electron chi connectivity index (χ2n) is 7.76. The zero-order valence-electron chi connectivity index (χ0n) is 15.2. The summed E-state index contributed by atoms with van der Waals surface area (Å²) in [6.45, 7) is 4.29. The Labute approximate surface area is 153 Å². The molecule has 6 heteroatoms. The normalized spacial score (nSPS) is 20.8. The Kier molecular flexibility index (Phi) is 4.34. The molecular formula is C20H26N4O2. The Morgan fingerprint density at radius 1 is 1.23 bits per heavy atom. The maximum Gasteiger partial charge on any atom is 0.317 e. The Morgan fingerprint density at radius 3 is 2.77 bits per heavy atom. The number of urea groups is 1. The standard InChI is InChI=1S/C20H26N4O2/c1-14(15-2-3-17-16(12-15)5-9-21-17)23-19(26)24-10-7-20(8-11-24)6-4-18(25)22-13-20/h2-3,5,9,12,14,21H,4,6-8,10-11,13H2,1H3,(H,22,25)(H,23,26)/t14-/m1/s1. The van der Waals surface area contributed by atoms with E-state index in [9.17, 15) is 9.59 Å². The van der Waals surface area contributed by atoms with Crippen LogP contribution in [0.25, 0.3) is 10.9 Å². The molecule has 6 nitrogen and oxygen atoms in total. The number of benzene rings is 1. The van der Waals surface area contributed by atoms with Crippen molar-refractivity contribution in [1.82, 2.24) is 20.5 Å². The summed E-state index contributed by atoms with van der Waals surface area (Å²) in [6, 6.07) is 8.23. The van der Waals surface area contributed by atoms with E-state index in [0.29, 0.717) is 6.42 Å². The van der Waals surface area contributed by atoms with Gasteiger partial charge in [0.15, 0.2) is 0 Å². The first kappa shape index (κ1) is 16.9. The lowest BCUT2D eigenvalue weighted by Gasteiger charge is -2.44. The van der Waals surface area contributed by atoms with Gasteiger partial charge in [0.05, 0.1) is 6.04 Å². The molecule has 1 aromatic heterocycles. The highest BCUT2D eigenvalue weighted by molar-refractivity contribution is 5.80. The second-order valence-corrected chi connectivity index (χ2v) is 7.76. The zero-order chi connectivity index (χ0) is 18.1. The van der Waals surface area contributed by atoms with Crippen LogP contribution in [0.1, 0.15) is 44.2 Å². The van der Waals surface area contributed by atoms with Crippen molar-refractivity contribution in [2.75, 3.05) is 19.6 Å². The number of fused-ring (bicyclic) bond motifs is 1. The Hall–Kier alpha value is -2.50. The van der Waals surface area contributed by atoms with Crippen LogP contribution >= 0.6 is 0 Å². The number of aromatic nitrogens is 1. The highest BCUT2D eigenvalue weighted by atomic mass is 16.2. The molecule has 26 heavy (non-hydrogen) atoms. The van der Waals surface area contributed by atoms with Crippen molar-refractivity contribution in [3.05, 3.63) is 36.0 Å². The third-order valence-corrected chi connectivity index (χ3v) is 6.07. The molecule has 2 saturated heterocycles. The molecule has 2 aliphatic rings. The summed E-state index contributed by atoms with van der Waals surface area (Å²) in [5.74, 6) is 0.156. The van der Waals surface area contributed by atoms with Crippen molar-refractivity contribution in [3.8, 4) is 0 Å². The number of likely N-dealkylation sites (tertiary alicyclic amines) is 1. The predicted molar refractivity (Wildman–Crippen MR) is 101 cm³/mol. The van der Waals surface area contributed by atoms with Gasteiger partial charge in [-0.05, 0) is 60.7 Å². The van der Waals surface area contributed by atoms with Crippen LogP contribution in [0, 0.1) is 5.41 Å². The Balaban J connectivity index is 1.34. The average molecular weight is 354 g/mol. The van der Waals surface area contributed by atoms with Gasteiger partial charge in [0.2, 0.25) is 5.91 Å². The largest absolute Gasteiger partial charge is 0.361 e. The Bertz CT molecular complexity index is 808. The van der Waals surface area contributed by atoms with Crippen LogP contribution in [0.2, 0.25) is 0 Å². The molecule has 138 valence electrons. The average Bonchev–Trinajstić information content (AvgIpc) is 3.12. The van der Waals surface area contributed by atoms with Gasteiger partial charge in [0.25, 0.3) is 0 Å². The summed E-state index contributed by atoms with van der Waals surface area (Å²) in [5.41, 5.74) is 2.40. The van der Waals surface area contributed by atoms with Crippen LogP contribution in [0.4, 0.5) is 4.79 Å². The van der Waals surface area contributed by atoms with Gasteiger partial charge < -0.3 is 20.5 Å². The molecule has 0 radical (unpaired) electrons. The maximum atomic E-state index is 12.7. The zero-order valence-corrected chi connectivity index (χ0v) is 15.2. The van der Waals surface area contributed by atoms with E-state index in [0.717, 1.165) is 55.4 Å². The van der Waals surface area contributed by atoms with E-state index in [1.165, 1.54) is 0 Å². The molecule has 0 bridgehead atoms. The first-order chi connectivity index (χ1) is 12.5. The van der Waals surface area contributed by atoms with Gasteiger partial charge in [-0.3, -0.25) is 4.79 Å². The predicted octanol–water partition coefficient (Wildman–Crippen LogP) is 2.93. The molecule has 1 spiro atoms. The highest BCUT2D eigenvalue weighted by Crippen LogP contribution is 2.37. The number of carbonyl (C=O) groups excluding carboxylic acids is 2. The number of hydrogen-bond donors (Lipinski definition) is 3. The van der Waals surface area contributed by atoms with Gasteiger partial charge in [-0.1, -0.05) is 6.07 Å². The first-order valence-electron chi connectivity index (χ1n) is 9.44. The molecule has 3 heterocycles. The minimum Gasteiger partial charge on any atom is -0.361 e. The number of H-pyrrole nitrogens is 1. The second kappa shape index (κ2) is 6.67. The molecule has 4 rings (SSSR count). The van der Waals surface area contributed by atoms with E-state index >= 15 is 0 Å². The van der Waals surface area contributed by atoms with Gasteiger partial charge in [0, 0.05) is 37.8 Å². The fourth-order valence-electron chi connectivity index (χ4n) is 4.15. The molecule has 3 amide bonds. The number of hydrogen-bond acceptors (Lipinski definition) is 2. The lowest BCUT2D eigenvalue weighted by atomic mass is 9.73. The lowest BCUT2D eigenvalue weighted by Crippen LogP contribution is -2.52. The molecule has 1 atom stereocenters. The van der Waals surface area contributed by atoms with Crippen molar-refractivity contribution in [3.63, 3.8) is 0 Å². The van der Waals surface area contributed by atoms with Crippen LogP contribution in [0.15, 0.2) is 30.5 Å². The van der Waals surface area contributed by atoms with Crippen molar-refractivity contribution in [1.29, 1.82) is 0 Å². The number of carbonyl (C=O) groups is 2. The fourth-order valence-corrected chi connectivity index (χ4v) is 4.15. The topological polar surface area (TPSA) is 77.2 Å². The van der Waals surface area contributed by atoms with Crippen molar-refractivity contribution < 1.29 is 9.59 Å². The van der Waals surface area contributed by atoms with Gasteiger partial charge in [-0.25, -0.2) is 4.79 Å². The van der Waals surface area contributed by atoms with Gasteiger partial charge in [-0.2, -0.15) is 0 Å². The Morgan fingerprint density at radius 2 is 2.04 bits per heavy atom. The molecule has 3 N–H and O–H groups in total. The van der Waals surface area contributed by atoms with Gasteiger partial charge in [0.1, 0.15) is 0 Å². The molecule has 0 unspecified atom stereocenters. The van der Waals surface area contributed by atoms with E-state index in [1.807, 2.05) is 24.1 Å². The molecule has 2 fully saturated rings. The quantitative estimate of drug-likeness (QED) is 0.775. The van der Waals surface area contributed by atoms with Gasteiger partial charge >= 0.3 is 6.03 Å². The van der Waals surface area contributed by atoms with E-state index in [2.05, 4.69) is 33.8 Å². The first-order valence-corrected chi connectivity index (χ1v) is 9.44. The SMILES string of the molecule is C[C@@H](NC(=O)N1CCC2(CCC(=O)NC2)CC1)c1ccc2[nH]ccc2c1. The minimum atomic E-state index is -0.0355. The van der Waals surface area contributed by atoms with Gasteiger partial charge in [-0.15, -0.1) is 0 Å². The highest BCUT2D eigenvalue weighted by Gasteiger charge is 2.38. The van der Waals surface area contributed by atoms with E-state index in [-0.39, 0.29) is 23.4 Å². The number of rotatable bonds is 2. The summed E-state index contributed by atoms with van der Waals surface area (Å²) in [6.07, 6.45) is 5.41. The summed E-state index contributed by atoms with van der Waals surface area (Å²) in [7, 11) is 0. The number of nitrogens with one attached hydrogen (secondary N) is 3. The van der Waals surface area contributed by atoms with Crippen molar-refractivity contribution in [2.24, 2.45) is 5.41 Å². The number of aromatic amines is 1. The molecule has 0 saturated carbocycles. The monoisotopic (exact) mass is 354 g/mol. The summed E-state index contributed by atoms with van der Waals surface area (Å²) in [4.78, 5) is 29.1. The third kappa shape index (κ3) is 3.28. The van der Waals surface area contributed by atoms with E-state index in [4.69, 9.17) is 0 Å². The number of nitrogens with zero attached hydrogens (tertiary/aromatic N) is 1. The van der Waals surface area contributed by atoms with E-state index in [1.54, 1.807) is 0 Å². The van der Waals surface area contributed by atoms with Crippen LogP contribution in [0.3, 0.4) is 0 Å². The maximum absolute atomic E-state index is 12.7. The summed E-state index contributed by atoms with van der Waals surface area (Å²) < 4.78 is 0. The van der Waals surface area contributed by atoms with Crippen molar-refractivity contribution in [2.45, 2.75) is 38.6 Å². The number of piperidine rings is 2.